The predicted octanol–water partition coefficient (Wildman–Crippen LogP) is 4.83. The molecule has 6 nitrogen and oxygen atoms in total. The molecule has 1 aliphatic rings. The smallest absolute Gasteiger partial charge is 0.336 e. The number of amides is 2. The van der Waals surface area contributed by atoms with Crippen LogP contribution in [-0.4, -0.2) is 46.9 Å². The molecule has 1 heterocycles. The lowest BCUT2D eigenvalue weighted by atomic mass is 9.70. The first-order valence-corrected chi connectivity index (χ1v) is 11.6. The van der Waals surface area contributed by atoms with E-state index in [4.69, 9.17) is 11.6 Å². The van der Waals surface area contributed by atoms with Gasteiger partial charge in [-0.1, -0.05) is 63.6 Å². The Morgan fingerprint density at radius 2 is 1.67 bits per heavy atom. The van der Waals surface area contributed by atoms with Crippen molar-refractivity contribution in [2.45, 2.75) is 46.1 Å². The van der Waals surface area contributed by atoms with E-state index in [1.807, 2.05) is 43.0 Å². The van der Waals surface area contributed by atoms with Gasteiger partial charge in [-0.05, 0) is 53.5 Å². The second-order valence-corrected chi connectivity index (χ2v) is 10.1. The fourth-order valence-corrected chi connectivity index (χ4v) is 4.78. The predicted molar refractivity (Wildman–Crippen MR) is 129 cm³/mol. The zero-order valence-corrected chi connectivity index (χ0v) is 20.2. The first-order chi connectivity index (χ1) is 15.5. The number of benzene rings is 2. The number of hydrogen-bond donors (Lipinski definition) is 2. The number of carboxylic acid groups (broad SMARTS) is 1. The molecule has 0 aliphatic carbocycles. The molecule has 0 spiro atoms. The summed E-state index contributed by atoms with van der Waals surface area (Å²) in [5, 5.41) is 12.9. The van der Waals surface area contributed by atoms with E-state index < -0.39 is 17.9 Å². The maximum atomic E-state index is 13.5. The van der Waals surface area contributed by atoms with Crippen molar-refractivity contribution in [3.63, 3.8) is 0 Å². The van der Waals surface area contributed by atoms with Crippen molar-refractivity contribution in [3.05, 3.63) is 70.2 Å². The van der Waals surface area contributed by atoms with Crippen molar-refractivity contribution in [2.75, 3.05) is 13.1 Å². The molecule has 2 aromatic rings. The Balaban J connectivity index is 1.76. The van der Waals surface area contributed by atoms with Gasteiger partial charge in [0.2, 0.25) is 5.91 Å². The monoisotopic (exact) mass is 470 g/mol. The number of hydrogen-bond acceptors (Lipinski definition) is 3. The van der Waals surface area contributed by atoms with Gasteiger partial charge in [-0.25, -0.2) is 4.79 Å². The Morgan fingerprint density at radius 3 is 2.21 bits per heavy atom. The van der Waals surface area contributed by atoms with Gasteiger partial charge in [0.05, 0.1) is 11.1 Å². The number of aromatic carboxylic acids is 1. The fraction of sp³-hybridized carbons (Fsp3) is 0.423. The lowest BCUT2D eigenvalue weighted by Gasteiger charge is -2.45. The Morgan fingerprint density at radius 1 is 1.06 bits per heavy atom. The van der Waals surface area contributed by atoms with Crippen LogP contribution in [0.2, 0.25) is 5.02 Å². The van der Waals surface area contributed by atoms with E-state index in [-0.39, 0.29) is 34.3 Å². The van der Waals surface area contributed by atoms with Gasteiger partial charge < -0.3 is 15.3 Å². The van der Waals surface area contributed by atoms with Crippen LogP contribution in [0.4, 0.5) is 0 Å². The number of rotatable bonds is 6. The van der Waals surface area contributed by atoms with Crippen LogP contribution in [0.1, 0.15) is 66.3 Å². The second kappa shape index (κ2) is 9.96. The van der Waals surface area contributed by atoms with Crippen molar-refractivity contribution in [2.24, 2.45) is 11.3 Å². The first-order valence-electron chi connectivity index (χ1n) is 11.2. The second-order valence-electron chi connectivity index (χ2n) is 9.69. The summed E-state index contributed by atoms with van der Waals surface area (Å²) in [7, 11) is 0. The molecule has 33 heavy (non-hydrogen) atoms. The number of nitrogens with zero attached hydrogens (tertiary/aromatic N) is 1. The highest BCUT2D eigenvalue weighted by molar-refractivity contribution is 6.30. The van der Waals surface area contributed by atoms with E-state index in [2.05, 4.69) is 19.2 Å². The van der Waals surface area contributed by atoms with Crippen LogP contribution in [0, 0.1) is 11.3 Å². The molecular weight excluding hydrogens is 440 g/mol. The summed E-state index contributed by atoms with van der Waals surface area (Å²) in [5.74, 6) is -1.76. The normalized spacial score (nSPS) is 18.6. The third kappa shape index (κ3) is 5.56. The summed E-state index contributed by atoms with van der Waals surface area (Å²) >= 11 is 6.04. The third-order valence-corrected chi connectivity index (χ3v) is 6.69. The zero-order valence-electron chi connectivity index (χ0n) is 19.5. The summed E-state index contributed by atoms with van der Waals surface area (Å²) in [6.45, 7) is 9.19. The molecule has 1 unspecified atom stereocenters. The lowest BCUT2D eigenvalue weighted by molar-refractivity contribution is -0.137. The highest BCUT2D eigenvalue weighted by Crippen LogP contribution is 2.42. The van der Waals surface area contributed by atoms with Crippen LogP contribution in [0.5, 0.6) is 0 Å². The van der Waals surface area contributed by atoms with Crippen LogP contribution >= 0.6 is 11.6 Å². The van der Waals surface area contributed by atoms with Crippen molar-refractivity contribution in [1.29, 1.82) is 0 Å². The fourth-order valence-electron chi connectivity index (χ4n) is 4.65. The minimum Gasteiger partial charge on any atom is -0.478 e. The molecule has 2 aromatic carbocycles. The van der Waals surface area contributed by atoms with E-state index in [1.165, 1.54) is 17.7 Å². The van der Waals surface area contributed by atoms with E-state index in [0.717, 1.165) is 6.42 Å². The number of nitrogens with one attached hydrogen (secondary N) is 1. The molecule has 176 valence electrons. The van der Waals surface area contributed by atoms with Crippen molar-refractivity contribution >= 4 is 29.4 Å². The van der Waals surface area contributed by atoms with Crippen LogP contribution in [0.15, 0.2) is 48.5 Å². The van der Waals surface area contributed by atoms with Crippen LogP contribution in [0.25, 0.3) is 0 Å². The lowest BCUT2D eigenvalue weighted by Crippen LogP contribution is -2.56. The number of carbonyl (C=O) groups is 3. The van der Waals surface area contributed by atoms with Gasteiger partial charge in [-0.2, -0.15) is 0 Å². The Bertz CT molecular complexity index is 1030. The van der Waals surface area contributed by atoms with Gasteiger partial charge in [0, 0.05) is 18.1 Å². The molecule has 0 radical (unpaired) electrons. The van der Waals surface area contributed by atoms with E-state index in [0.29, 0.717) is 18.1 Å². The summed E-state index contributed by atoms with van der Waals surface area (Å²) in [6, 6.07) is 13.1. The molecule has 2 N–H and O–H groups in total. The average Bonchev–Trinajstić information content (AvgIpc) is 2.76. The summed E-state index contributed by atoms with van der Waals surface area (Å²) in [4.78, 5) is 39.7. The Kier molecular flexibility index (Phi) is 7.48. The molecule has 0 bridgehead atoms. The number of likely N-dealkylation sites (tertiary alicyclic amines) is 1. The molecule has 2 atom stereocenters. The molecule has 2 amide bonds. The highest BCUT2D eigenvalue weighted by atomic mass is 35.5. The zero-order chi connectivity index (χ0) is 24.3. The topological polar surface area (TPSA) is 86.7 Å². The van der Waals surface area contributed by atoms with Gasteiger partial charge in [0.25, 0.3) is 5.91 Å². The maximum Gasteiger partial charge on any atom is 0.336 e. The molecule has 0 saturated carbocycles. The SMILES string of the molecule is CC(C)[C@@H](NC(=O)c1ccccc1C(=O)O)C(=O)N1CCC(c2ccc(Cl)cc2)C(C)(C)C1. The molecule has 3 rings (SSSR count). The van der Waals surface area contributed by atoms with E-state index in [9.17, 15) is 19.5 Å². The summed E-state index contributed by atoms with van der Waals surface area (Å²) in [6.07, 6.45) is 0.807. The minimum absolute atomic E-state index is 0.0465. The molecular formula is C26H31ClN2O4. The maximum absolute atomic E-state index is 13.5. The molecule has 7 heteroatoms. The van der Waals surface area contributed by atoms with Gasteiger partial charge in [0.1, 0.15) is 6.04 Å². The molecule has 1 saturated heterocycles. The van der Waals surface area contributed by atoms with E-state index >= 15 is 0 Å². The van der Waals surface area contributed by atoms with Gasteiger partial charge in [-0.15, -0.1) is 0 Å². The standard InChI is InChI=1S/C26H31ClN2O4/c1-16(2)22(28-23(30)19-7-5-6-8-20(19)25(32)33)24(31)29-14-13-21(26(3,4)15-29)17-9-11-18(27)12-10-17/h5-12,16,21-22H,13-15H2,1-4H3,(H,28,30)(H,32,33)/t21?,22-/m1/s1. The third-order valence-electron chi connectivity index (χ3n) is 6.43. The van der Waals surface area contributed by atoms with Crippen LogP contribution in [-0.2, 0) is 4.79 Å². The molecule has 1 fully saturated rings. The quantitative estimate of drug-likeness (QED) is 0.632. The summed E-state index contributed by atoms with van der Waals surface area (Å²) < 4.78 is 0. The van der Waals surface area contributed by atoms with Gasteiger partial charge in [0.15, 0.2) is 0 Å². The van der Waals surface area contributed by atoms with Crippen LogP contribution < -0.4 is 5.32 Å². The van der Waals surface area contributed by atoms with Crippen LogP contribution in [0.3, 0.4) is 0 Å². The highest BCUT2D eigenvalue weighted by Gasteiger charge is 2.40. The van der Waals surface area contributed by atoms with Crippen molar-refractivity contribution in [3.8, 4) is 0 Å². The number of halogens is 1. The number of carbonyl (C=O) groups excluding carboxylic acids is 2. The Hall–Kier alpha value is -2.86. The number of carboxylic acids is 1. The summed E-state index contributed by atoms with van der Waals surface area (Å²) in [5.41, 5.74) is 0.999. The minimum atomic E-state index is -1.18. The van der Waals surface area contributed by atoms with Gasteiger partial charge >= 0.3 is 5.97 Å². The van der Waals surface area contributed by atoms with Crippen molar-refractivity contribution in [1.82, 2.24) is 10.2 Å². The molecule has 0 aromatic heterocycles. The first kappa shape index (κ1) is 24.8. The van der Waals surface area contributed by atoms with Crippen molar-refractivity contribution < 1.29 is 19.5 Å². The Labute approximate surface area is 199 Å². The largest absolute Gasteiger partial charge is 0.478 e. The number of piperidine rings is 1. The van der Waals surface area contributed by atoms with E-state index in [1.54, 1.807) is 12.1 Å². The van der Waals surface area contributed by atoms with Gasteiger partial charge in [-0.3, -0.25) is 9.59 Å². The molecule has 1 aliphatic heterocycles. The average molecular weight is 471 g/mol.